The number of ether oxygens (including phenoxy) is 1. The molecule has 1 aromatic rings. The summed E-state index contributed by atoms with van der Waals surface area (Å²) in [5.41, 5.74) is 1.24. The first-order valence-corrected chi connectivity index (χ1v) is 7.12. The van der Waals surface area contributed by atoms with Crippen LogP contribution in [0.4, 0.5) is 0 Å². The van der Waals surface area contributed by atoms with Gasteiger partial charge in [-0.15, -0.1) is 0 Å². The smallest absolute Gasteiger partial charge is 0.0594 e. The van der Waals surface area contributed by atoms with E-state index in [1.54, 1.807) is 0 Å². The van der Waals surface area contributed by atoms with E-state index in [1.165, 1.54) is 5.56 Å². The Labute approximate surface area is 116 Å². The van der Waals surface area contributed by atoms with Crippen LogP contribution in [0.2, 0.25) is 0 Å². The average molecular weight is 257 g/mol. The second kappa shape index (κ2) is 7.93. The molecule has 0 amide bonds. The third kappa shape index (κ3) is 4.66. The summed E-state index contributed by atoms with van der Waals surface area (Å²) in [6.07, 6.45) is 9.87. The molecule has 1 unspecified atom stereocenters. The summed E-state index contributed by atoms with van der Waals surface area (Å²) in [6, 6.07) is 10.9. The second-order valence-corrected chi connectivity index (χ2v) is 4.78. The third-order valence-corrected chi connectivity index (χ3v) is 3.47. The van der Waals surface area contributed by atoms with Gasteiger partial charge >= 0.3 is 0 Å². The van der Waals surface area contributed by atoms with Crippen molar-refractivity contribution in [3.63, 3.8) is 0 Å². The Morgan fingerprint density at radius 1 is 1.16 bits per heavy atom. The van der Waals surface area contributed by atoms with Crippen molar-refractivity contribution in [2.45, 2.75) is 19.4 Å². The van der Waals surface area contributed by atoms with Gasteiger partial charge in [0.2, 0.25) is 0 Å². The molecule has 1 saturated heterocycles. The summed E-state index contributed by atoms with van der Waals surface area (Å²) >= 11 is 0. The highest BCUT2D eigenvalue weighted by atomic mass is 16.5. The zero-order valence-corrected chi connectivity index (χ0v) is 11.7. The molecule has 0 aromatic heterocycles. The number of morpholine rings is 1. The summed E-state index contributed by atoms with van der Waals surface area (Å²) in [5, 5.41) is 0. The van der Waals surface area contributed by atoms with Crippen molar-refractivity contribution in [2.75, 3.05) is 26.3 Å². The van der Waals surface area contributed by atoms with E-state index >= 15 is 0 Å². The largest absolute Gasteiger partial charge is 0.379 e. The van der Waals surface area contributed by atoms with Gasteiger partial charge in [0.1, 0.15) is 0 Å². The predicted octanol–water partition coefficient (Wildman–Crippen LogP) is 3.37. The minimum atomic E-state index is 0.532. The van der Waals surface area contributed by atoms with Gasteiger partial charge in [-0.1, -0.05) is 61.6 Å². The van der Waals surface area contributed by atoms with E-state index in [4.69, 9.17) is 4.74 Å². The van der Waals surface area contributed by atoms with Crippen LogP contribution in [0.3, 0.4) is 0 Å². The highest BCUT2D eigenvalue weighted by Crippen LogP contribution is 2.09. The van der Waals surface area contributed by atoms with Crippen molar-refractivity contribution in [2.24, 2.45) is 0 Å². The Bertz CT molecular complexity index is 405. The number of hydrogen-bond acceptors (Lipinski definition) is 2. The molecule has 1 fully saturated rings. The van der Waals surface area contributed by atoms with Crippen LogP contribution in [-0.2, 0) is 4.74 Å². The van der Waals surface area contributed by atoms with Crippen molar-refractivity contribution in [1.29, 1.82) is 0 Å². The van der Waals surface area contributed by atoms with E-state index in [1.807, 2.05) is 6.07 Å². The van der Waals surface area contributed by atoms with Gasteiger partial charge in [-0.25, -0.2) is 0 Å². The van der Waals surface area contributed by atoms with Crippen molar-refractivity contribution >= 4 is 6.08 Å². The van der Waals surface area contributed by atoms with Crippen molar-refractivity contribution < 1.29 is 4.74 Å². The van der Waals surface area contributed by atoms with Crippen molar-refractivity contribution in [3.8, 4) is 0 Å². The highest BCUT2D eigenvalue weighted by molar-refractivity contribution is 5.50. The normalized spacial score (nSPS) is 19.2. The van der Waals surface area contributed by atoms with E-state index < -0.39 is 0 Å². The lowest BCUT2D eigenvalue weighted by Gasteiger charge is -2.32. The topological polar surface area (TPSA) is 12.5 Å². The molecule has 1 aromatic carbocycles. The molecule has 0 spiro atoms. The average Bonchev–Trinajstić information content (AvgIpc) is 2.49. The number of nitrogens with zero attached hydrogens (tertiary/aromatic N) is 1. The molecule has 1 heterocycles. The molecule has 1 aliphatic rings. The molecular weight excluding hydrogens is 234 g/mol. The standard InChI is InChI=1S/C17H23NO/c1-2-17(18-12-14-19-15-13-18)11-7-6-10-16-8-4-3-5-9-16/h3-11,17H,2,12-15H2,1H3. The third-order valence-electron chi connectivity index (χ3n) is 3.47. The fraction of sp³-hybridized carbons (Fsp3) is 0.412. The molecule has 19 heavy (non-hydrogen) atoms. The van der Waals surface area contributed by atoms with Crippen LogP contribution >= 0.6 is 0 Å². The Balaban J connectivity index is 1.87. The van der Waals surface area contributed by atoms with Gasteiger partial charge in [0, 0.05) is 19.1 Å². The number of hydrogen-bond donors (Lipinski definition) is 0. The van der Waals surface area contributed by atoms with Crippen molar-refractivity contribution in [3.05, 3.63) is 54.1 Å². The van der Waals surface area contributed by atoms with E-state index in [9.17, 15) is 0 Å². The summed E-state index contributed by atoms with van der Waals surface area (Å²) in [7, 11) is 0. The predicted molar refractivity (Wildman–Crippen MR) is 81.1 cm³/mol. The maximum Gasteiger partial charge on any atom is 0.0594 e. The summed E-state index contributed by atoms with van der Waals surface area (Å²) in [4.78, 5) is 2.50. The maximum absolute atomic E-state index is 5.40. The quantitative estimate of drug-likeness (QED) is 0.750. The highest BCUT2D eigenvalue weighted by Gasteiger charge is 2.16. The Morgan fingerprint density at radius 3 is 2.58 bits per heavy atom. The molecule has 0 N–H and O–H groups in total. The van der Waals surface area contributed by atoms with Crippen molar-refractivity contribution in [1.82, 2.24) is 4.90 Å². The maximum atomic E-state index is 5.40. The van der Waals surface area contributed by atoms with Gasteiger partial charge < -0.3 is 4.74 Å². The van der Waals surface area contributed by atoms with Crippen LogP contribution in [0.1, 0.15) is 18.9 Å². The van der Waals surface area contributed by atoms with E-state index in [-0.39, 0.29) is 0 Å². The first-order valence-electron chi connectivity index (χ1n) is 7.12. The zero-order valence-electron chi connectivity index (χ0n) is 11.7. The summed E-state index contributed by atoms with van der Waals surface area (Å²) < 4.78 is 5.40. The van der Waals surface area contributed by atoms with Crippen LogP contribution in [0.5, 0.6) is 0 Å². The lowest BCUT2D eigenvalue weighted by Crippen LogP contribution is -2.42. The molecule has 0 radical (unpaired) electrons. The van der Waals surface area contributed by atoms with Gasteiger partial charge in [-0.05, 0) is 12.0 Å². The van der Waals surface area contributed by atoms with Gasteiger partial charge in [0.15, 0.2) is 0 Å². The molecule has 102 valence electrons. The molecule has 2 nitrogen and oxygen atoms in total. The minimum Gasteiger partial charge on any atom is -0.379 e. The molecule has 1 aliphatic heterocycles. The van der Waals surface area contributed by atoms with Crippen LogP contribution in [0.15, 0.2) is 48.6 Å². The Morgan fingerprint density at radius 2 is 1.89 bits per heavy atom. The van der Waals surface area contributed by atoms with E-state index in [0.29, 0.717) is 6.04 Å². The van der Waals surface area contributed by atoms with E-state index in [0.717, 1.165) is 32.7 Å². The lowest BCUT2D eigenvalue weighted by atomic mass is 10.1. The monoisotopic (exact) mass is 257 g/mol. The number of benzene rings is 1. The van der Waals surface area contributed by atoms with Gasteiger partial charge in [-0.2, -0.15) is 0 Å². The number of rotatable bonds is 5. The minimum absolute atomic E-state index is 0.532. The van der Waals surface area contributed by atoms with Gasteiger partial charge in [0.25, 0.3) is 0 Å². The van der Waals surface area contributed by atoms with Gasteiger partial charge in [0.05, 0.1) is 13.2 Å². The van der Waals surface area contributed by atoms with Crippen LogP contribution in [-0.4, -0.2) is 37.2 Å². The lowest BCUT2D eigenvalue weighted by molar-refractivity contribution is 0.0250. The van der Waals surface area contributed by atoms with Crippen LogP contribution < -0.4 is 0 Å². The van der Waals surface area contributed by atoms with Crippen LogP contribution in [0.25, 0.3) is 6.08 Å². The molecule has 2 heteroatoms. The Kier molecular flexibility index (Phi) is 5.86. The van der Waals surface area contributed by atoms with Gasteiger partial charge in [-0.3, -0.25) is 4.90 Å². The molecular formula is C17H23NO. The van der Waals surface area contributed by atoms with Crippen LogP contribution in [0, 0.1) is 0 Å². The molecule has 2 rings (SSSR count). The SMILES string of the molecule is CCC(C=CC=Cc1ccccc1)N1CCOCC1. The first kappa shape index (κ1) is 14.0. The molecule has 1 atom stereocenters. The molecule has 0 aliphatic carbocycles. The zero-order chi connectivity index (χ0) is 13.3. The number of allylic oxidation sites excluding steroid dienone is 2. The second-order valence-electron chi connectivity index (χ2n) is 4.78. The Hall–Kier alpha value is -1.38. The molecule has 0 bridgehead atoms. The molecule has 0 saturated carbocycles. The fourth-order valence-electron chi connectivity index (χ4n) is 2.35. The van der Waals surface area contributed by atoms with E-state index in [2.05, 4.69) is 60.4 Å². The summed E-state index contributed by atoms with van der Waals surface area (Å²) in [5.74, 6) is 0. The fourth-order valence-corrected chi connectivity index (χ4v) is 2.35. The first-order chi connectivity index (χ1) is 9.40. The summed E-state index contributed by atoms with van der Waals surface area (Å²) in [6.45, 7) is 6.07.